The van der Waals surface area contributed by atoms with Gasteiger partial charge in [-0.1, -0.05) is 49.3 Å². The largest absolute Gasteiger partial charge is 0.416 e. The minimum absolute atomic E-state index is 0.215. The van der Waals surface area contributed by atoms with E-state index in [2.05, 4.69) is 26.0 Å². The monoisotopic (exact) mass is 506 g/mol. The summed E-state index contributed by atoms with van der Waals surface area (Å²) in [5, 5.41) is 30.6. The minimum Gasteiger partial charge on any atom is -0.393 e. The highest BCUT2D eigenvalue weighted by molar-refractivity contribution is 5.27. The van der Waals surface area contributed by atoms with Crippen LogP contribution in [-0.2, 0) is 6.18 Å². The first-order chi connectivity index (χ1) is 17.0. The number of hydrogen-bond acceptors (Lipinski definition) is 3. The zero-order valence-electron chi connectivity index (χ0n) is 21.5. The second-order valence-electron chi connectivity index (χ2n) is 11.8. The molecule has 3 aliphatic rings. The van der Waals surface area contributed by atoms with E-state index in [9.17, 15) is 28.5 Å². The molecular weight excluding hydrogens is 465 g/mol. The van der Waals surface area contributed by atoms with Crippen molar-refractivity contribution in [2.24, 2.45) is 23.2 Å². The number of benzene rings is 1. The maximum absolute atomic E-state index is 12.8. The van der Waals surface area contributed by atoms with Crippen LogP contribution in [0.5, 0.6) is 0 Å². The molecule has 3 fully saturated rings. The average molecular weight is 507 g/mol. The van der Waals surface area contributed by atoms with E-state index >= 15 is 0 Å². The molecule has 0 bridgehead atoms. The SMILES string of the molecule is C[C@H](CC[C@H](O)c1ccc(C(F)(F)F)cc1)[C@H]1CC[C@H]2C(=CC=C3C[C@@H](O)C[C@H](O)C3)CCC[C@]12C. The van der Waals surface area contributed by atoms with Crippen molar-refractivity contribution in [3.63, 3.8) is 0 Å². The molecule has 0 aliphatic heterocycles. The molecule has 1 aromatic rings. The third-order valence-electron chi connectivity index (χ3n) is 9.32. The quantitative estimate of drug-likeness (QED) is 0.385. The molecule has 0 radical (unpaired) electrons. The van der Waals surface area contributed by atoms with Gasteiger partial charge in [0, 0.05) is 0 Å². The molecule has 3 saturated carbocycles. The highest BCUT2D eigenvalue weighted by atomic mass is 19.4. The molecule has 7 atom stereocenters. The highest BCUT2D eigenvalue weighted by Gasteiger charge is 2.50. The highest BCUT2D eigenvalue weighted by Crippen LogP contribution is 2.60. The van der Waals surface area contributed by atoms with Gasteiger partial charge in [-0.3, -0.25) is 0 Å². The van der Waals surface area contributed by atoms with Gasteiger partial charge in [-0.2, -0.15) is 13.2 Å². The molecule has 6 heteroatoms. The maximum Gasteiger partial charge on any atom is 0.416 e. The maximum atomic E-state index is 12.8. The van der Waals surface area contributed by atoms with Crippen molar-refractivity contribution in [2.75, 3.05) is 0 Å². The summed E-state index contributed by atoms with van der Waals surface area (Å²) in [6.07, 6.45) is 7.28. The van der Waals surface area contributed by atoms with E-state index in [0.29, 0.717) is 49.0 Å². The fraction of sp³-hybridized carbons (Fsp3) is 0.667. The normalized spacial score (nSPS) is 33.9. The molecule has 200 valence electrons. The number of fused-ring (bicyclic) bond motifs is 1. The van der Waals surface area contributed by atoms with E-state index in [1.165, 1.54) is 24.1 Å². The summed E-state index contributed by atoms with van der Waals surface area (Å²) in [6.45, 7) is 4.69. The molecule has 3 aliphatic carbocycles. The molecule has 3 nitrogen and oxygen atoms in total. The van der Waals surface area contributed by atoms with Gasteiger partial charge in [0.05, 0.1) is 23.9 Å². The van der Waals surface area contributed by atoms with E-state index in [4.69, 9.17) is 0 Å². The third-order valence-corrected chi connectivity index (χ3v) is 9.32. The van der Waals surface area contributed by atoms with Crippen molar-refractivity contribution >= 4 is 0 Å². The van der Waals surface area contributed by atoms with Crippen molar-refractivity contribution in [1.29, 1.82) is 0 Å². The van der Waals surface area contributed by atoms with Gasteiger partial charge in [-0.25, -0.2) is 0 Å². The van der Waals surface area contributed by atoms with Crippen molar-refractivity contribution in [1.82, 2.24) is 0 Å². The Morgan fingerprint density at radius 2 is 1.69 bits per heavy atom. The standard InChI is InChI=1S/C30H41F3O3/c1-19(5-14-28(36)22-8-10-23(11-9-22)30(31,32)33)26-12-13-27-21(4-3-15-29(26,27)2)7-6-20-16-24(34)18-25(35)17-20/h6-11,19,24-28,34-36H,3-5,12-18H2,1-2H3/t19-,24-,25-,26-,27+,28+,29-/m1/s1. The predicted molar refractivity (Wildman–Crippen MR) is 135 cm³/mol. The second-order valence-corrected chi connectivity index (χ2v) is 11.8. The summed E-state index contributed by atoms with van der Waals surface area (Å²) < 4.78 is 38.5. The summed E-state index contributed by atoms with van der Waals surface area (Å²) in [4.78, 5) is 0. The Hall–Kier alpha value is -1.63. The van der Waals surface area contributed by atoms with Crippen LogP contribution in [0.2, 0.25) is 0 Å². The van der Waals surface area contributed by atoms with Gasteiger partial charge >= 0.3 is 6.18 Å². The molecular formula is C30H41F3O3. The number of halogens is 3. The van der Waals surface area contributed by atoms with Crippen LogP contribution in [0.3, 0.4) is 0 Å². The van der Waals surface area contributed by atoms with Gasteiger partial charge in [-0.15, -0.1) is 0 Å². The van der Waals surface area contributed by atoms with Gasteiger partial charge in [0.25, 0.3) is 0 Å². The van der Waals surface area contributed by atoms with Crippen molar-refractivity contribution in [2.45, 2.75) is 103 Å². The van der Waals surface area contributed by atoms with Gasteiger partial charge in [0.2, 0.25) is 0 Å². The van der Waals surface area contributed by atoms with E-state index in [1.807, 2.05) is 0 Å². The van der Waals surface area contributed by atoms with E-state index < -0.39 is 30.1 Å². The first kappa shape index (κ1) is 27.4. The van der Waals surface area contributed by atoms with Gasteiger partial charge in [-0.05, 0) is 105 Å². The molecule has 0 amide bonds. The van der Waals surface area contributed by atoms with Gasteiger partial charge in [0.15, 0.2) is 0 Å². The Morgan fingerprint density at radius 3 is 2.33 bits per heavy atom. The Kier molecular flexibility index (Phi) is 8.38. The molecule has 0 aromatic heterocycles. The Balaban J connectivity index is 1.38. The van der Waals surface area contributed by atoms with Crippen molar-refractivity contribution < 1.29 is 28.5 Å². The molecule has 0 saturated heterocycles. The van der Waals surface area contributed by atoms with Crippen LogP contribution in [-0.4, -0.2) is 27.5 Å². The van der Waals surface area contributed by atoms with E-state index in [0.717, 1.165) is 49.8 Å². The van der Waals surface area contributed by atoms with Crippen molar-refractivity contribution in [3.8, 4) is 0 Å². The van der Waals surface area contributed by atoms with E-state index in [-0.39, 0.29) is 5.41 Å². The molecule has 1 aromatic carbocycles. The lowest BCUT2D eigenvalue weighted by atomic mass is 9.60. The summed E-state index contributed by atoms with van der Waals surface area (Å²) in [6, 6.07) is 4.87. The zero-order valence-corrected chi connectivity index (χ0v) is 21.5. The van der Waals surface area contributed by atoms with Crippen LogP contribution in [0.4, 0.5) is 13.2 Å². The number of aliphatic hydroxyl groups excluding tert-OH is 3. The minimum atomic E-state index is -4.37. The van der Waals surface area contributed by atoms with E-state index in [1.54, 1.807) is 0 Å². The Labute approximate surface area is 213 Å². The summed E-state index contributed by atoms with van der Waals surface area (Å²) in [5.41, 5.74) is 2.68. The molecule has 0 spiro atoms. The Morgan fingerprint density at radius 1 is 1.03 bits per heavy atom. The van der Waals surface area contributed by atoms with Crippen LogP contribution >= 0.6 is 0 Å². The third kappa shape index (κ3) is 6.08. The second kappa shape index (κ2) is 11.0. The predicted octanol–water partition coefficient (Wildman–Crippen LogP) is 7.13. The number of rotatable bonds is 6. The molecule has 3 N–H and O–H groups in total. The number of aliphatic hydroxyl groups is 3. The summed E-state index contributed by atoms with van der Waals surface area (Å²) in [5.74, 6) is 1.51. The lowest BCUT2D eigenvalue weighted by molar-refractivity contribution is -0.137. The summed E-state index contributed by atoms with van der Waals surface area (Å²) in [7, 11) is 0. The summed E-state index contributed by atoms with van der Waals surface area (Å²) >= 11 is 0. The average Bonchev–Trinajstić information content (AvgIpc) is 3.17. The van der Waals surface area contributed by atoms with Crippen LogP contribution in [0.1, 0.15) is 95.3 Å². The lowest BCUT2D eigenvalue weighted by Crippen LogP contribution is -2.36. The Bertz CT molecular complexity index is 939. The topological polar surface area (TPSA) is 60.7 Å². The van der Waals surface area contributed by atoms with Crippen molar-refractivity contribution in [3.05, 3.63) is 58.7 Å². The van der Waals surface area contributed by atoms with Crippen LogP contribution in [0, 0.1) is 23.2 Å². The smallest absolute Gasteiger partial charge is 0.393 e. The zero-order chi connectivity index (χ0) is 26.1. The molecule has 36 heavy (non-hydrogen) atoms. The van der Waals surface area contributed by atoms with Crippen LogP contribution in [0.25, 0.3) is 0 Å². The number of hydrogen-bond donors (Lipinski definition) is 3. The van der Waals surface area contributed by atoms with Gasteiger partial charge < -0.3 is 15.3 Å². The van der Waals surface area contributed by atoms with Gasteiger partial charge in [0.1, 0.15) is 0 Å². The fourth-order valence-corrected chi connectivity index (χ4v) is 7.43. The molecule has 0 heterocycles. The van der Waals surface area contributed by atoms with Crippen LogP contribution < -0.4 is 0 Å². The molecule has 0 unspecified atom stereocenters. The van der Waals surface area contributed by atoms with Crippen LogP contribution in [0.15, 0.2) is 47.6 Å². The fourth-order valence-electron chi connectivity index (χ4n) is 7.43. The first-order valence-electron chi connectivity index (χ1n) is 13.6. The first-order valence-corrected chi connectivity index (χ1v) is 13.6. The molecule has 4 rings (SSSR count). The number of alkyl halides is 3. The lowest BCUT2D eigenvalue weighted by Gasteiger charge is -2.44. The number of allylic oxidation sites excluding steroid dienone is 3.